The van der Waals surface area contributed by atoms with Crippen molar-refractivity contribution in [3.63, 3.8) is 0 Å². The summed E-state index contributed by atoms with van der Waals surface area (Å²) < 4.78 is 41.1. The number of hydrogen-bond acceptors (Lipinski definition) is 5. The van der Waals surface area contributed by atoms with Crippen LogP contribution in [-0.4, -0.2) is 29.9 Å². The molecular weight excluding hydrogens is 512 g/mol. The molecule has 3 N–H and O–H groups in total. The van der Waals surface area contributed by atoms with Crippen LogP contribution in [0.1, 0.15) is 41.5 Å². The maximum absolute atomic E-state index is 14.3. The van der Waals surface area contributed by atoms with Gasteiger partial charge < -0.3 is 19.3 Å². The first kappa shape index (κ1) is 27.4. The standard InChI is InChI=1S/C28H29FNO7P/c1-17-22(11-19-12-25(35-2)28(26(13-19)36-3)37-38(32,33)34)21-10-9-20(29)14-24(21)23(17)15-27(31)30-16-18-7-5-4-6-8-18/h4-14,17,23H,15-16H2,1-3H3,(H,30,31)(H2,32,33,34)/b22-11-. The van der Waals surface area contributed by atoms with Crippen molar-refractivity contribution in [2.75, 3.05) is 14.2 Å². The second-order valence-corrected chi connectivity index (χ2v) is 10.2. The molecule has 3 aromatic rings. The minimum absolute atomic E-state index is 0.0707. The van der Waals surface area contributed by atoms with Gasteiger partial charge in [0.05, 0.1) is 14.2 Å². The Hall–Kier alpha value is -3.65. The van der Waals surface area contributed by atoms with Crippen LogP contribution in [0.4, 0.5) is 4.39 Å². The van der Waals surface area contributed by atoms with Crippen LogP contribution in [-0.2, 0) is 15.9 Å². The molecule has 1 aliphatic rings. The summed E-state index contributed by atoms with van der Waals surface area (Å²) in [4.78, 5) is 31.4. The van der Waals surface area contributed by atoms with Gasteiger partial charge in [0.2, 0.25) is 11.7 Å². The third kappa shape index (κ3) is 6.25. The zero-order valence-corrected chi connectivity index (χ0v) is 22.1. The maximum Gasteiger partial charge on any atom is 0.525 e. The van der Waals surface area contributed by atoms with Gasteiger partial charge in [-0.25, -0.2) is 8.96 Å². The van der Waals surface area contributed by atoms with E-state index in [4.69, 9.17) is 14.0 Å². The number of amides is 1. The molecule has 0 saturated heterocycles. The molecule has 0 heterocycles. The molecule has 10 heteroatoms. The lowest BCUT2D eigenvalue weighted by Gasteiger charge is -2.18. The Morgan fingerprint density at radius 2 is 1.71 bits per heavy atom. The second-order valence-electron chi connectivity index (χ2n) is 9.03. The molecule has 2 atom stereocenters. The van der Waals surface area contributed by atoms with E-state index in [1.54, 1.807) is 18.2 Å². The summed E-state index contributed by atoms with van der Waals surface area (Å²) >= 11 is 0. The molecule has 0 fully saturated rings. The second kappa shape index (κ2) is 11.4. The Bertz CT molecular complexity index is 1380. The third-order valence-corrected chi connectivity index (χ3v) is 6.99. The van der Waals surface area contributed by atoms with Crippen LogP contribution >= 0.6 is 7.82 Å². The molecule has 3 aromatic carbocycles. The van der Waals surface area contributed by atoms with E-state index in [-0.39, 0.29) is 47.2 Å². The molecule has 1 aliphatic carbocycles. The number of carbonyl (C=O) groups is 1. The number of carbonyl (C=O) groups excluding carboxylic acids is 1. The number of allylic oxidation sites excluding steroid dienone is 1. The number of phosphoric ester groups is 1. The minimum atomic E-state index is -4.87. The summed E-state index contributed by atoms with van der Waals surface area (Å²) in [7, 11) is -2.18. The minimum Gasteiger partial charge on any atom is -0.493 e. The van der Waals surface area contributed by atoms with Gasteiger partial charge in [-0.15, -0.1) is 0 Å². The van der Waals surface area contributed by atoms with E-state index in [1.165, 1.54) is 26.4 Å². The first-order valence-corrected chi connectivity index (χ1v) is 13.5. The summed E-state index contributed by atoms with van der Waals surface area (Å²) in [5.74, 6) is -0.970. The van der Waals surface area contributed by atoms with E-state index in [9.17, 15) is 23.5 Å². The fourth-order valence-corrected chi connectivity index (χ4v) is 5.19. The average Bonchev–Trinajstić information content (AvgIpc) is 3.12. The van der Waals surface area contributed by atoms with Crippen molar-refractivity contribution in [1.29, 1.82) is 0 Å². The Kier molecular flexibility index (Phi) is 8.21. The van der Waals surface area contributed by atoms with E-state index in [2.05, 4.69) is 5.32 Å². The molecule has 38 heavy (non-hydrogen) atoms. The topological polar surface area (TPSA) is 114 Å². The number of rotatable bonds is 9. The van der Waals surface area contributed by atoms with E-state index < -0.39 is 7.82 Å². The summed E-state index contributed by atoms with van der Waals surface area (Å²) in [5, 5.41) is 2.95. The van der Waals surface area contributed by atoms with E-state index >= 15 is 0 Å². The van der Waals surface area contributed by atoms with Gasteiger partial charge in [0.25, 0.3) is 0 Å². The highest BCUT2D eigenvalue weighted by molar-refractivity contribution is 7.46. The maximum atomic E-state index is 14.3. The lowest BCUT2D eigenvalue weighted by molar-refractivity contribution is -0.121. The molecule has 0 saturated carbocycles. The SMILES string of the molecule is COc1cc(/C=C2\c3ccc(F)cc3C(CC(=O)NCc3ccccc3)C2C)cc(OC)c1OP(=O)(O)O. The normalized spacial score (nSPS) is 17.7. The highest BCUT2D eigenvalue weighted by Gasteiger charge is 2.35. The van der Waals surface area contributed by atoms with Crippen LogP contribution in [0.5, 0.6) is 17.2 Å². The molecule has 0 aliphatic heterocycles. The van der Waals surface area contributed by atoms with Gasteiger partial charge in [-0.3, -0.25) is 14.6 Å². The zero-order chi connectivity index (χ0) is 27.4. The van der Waals surface area contributed by atoms with Crippen LogP contribution in [0, 0.1) is 11.7 Å². The smallest absolute Gasteiger partial charge is 0.493 e. The number of nitrogens with one attached hydrogen (secondary N) is 1. The number of phosphoric acid groups is 1. The molecule has 200 valence electrons. The molecule has 1 amide bonds. The molecular formula is C28H29FNO7P. The van der Waals surface area contributed by atoms with E-state index in [1.807, 2.05) is 43.3 Å². The Labute approximate surface area is 220 Å². The zero-order valence-electron chi connectivity index (χ0n) is 21.2. The van der Waals surface area contributed by atoms with Crippen LogP contribution in [0.15, 0.2) is 60.7 Å². The Morgan fingerprint density at radius 3 is 2.32 bits per heavy atom. The van der Waals surface area contributed by atoms with Crippen molar-refractivity contribution in [3.8, 4) is 17.2 Å². The van der Waals surface area contributed by atoms with Crippen molar-refractivity contribution < 1.29 is 37.5 Å². The van der Waals surface area contributed by atoms with Gasteiger partial charge in [0.15, 0.2) is 11.5 Å². The van der Waals surface area contributed by atoms with E-state index in [0.717, 1.165) is 22.3 Å². The van der Waals surface area contributed by atoms with Gasteiger partial charge in [-0.2, -0.15) is 0 Å². The monoisotopic (exact) mass is 541 g/mol. The summed E-state index contributed by atoms with van der Waals surface area (Å²) in [6, 6.07) is 17.3. The number of halogens is 1. The average molecular weight is 542 g/mol. The van der Waals surface area contributed by atoms with Crippen LogP contribution in [0.2, 0.25) is 0 Å². The third-order valence-electron chi connectivity index (χ3n) is 6.57. The number of hydrogen-bond donors (Lipinski definition) is 3. The van der Waals surface area contributed by atoms with Crippen molar-refractivity contribution in [2.45, 2.75) is 25.8 Å². The van der Waals surface area contributed by atoms with Crippen LogP contribution in [0.25, 0.3) is 11.6 Å². The van der Waals surface area contributed by atoms with Crippen LogP contribution < -0.4 is 19.3 Å². The first-order chi connectivity index (χ1) is 18.1. The highest BCUT2D eigenvalue weighted by atomic mass is 31.2. The number of fused-ring (bicyclic) bond motifs is 1. The summed E-state index contributed by atoms with van der Waals surface area (Å²) in [6.07, 6.45) is 2.05. The van der Waals surface area contributed by atoms with Gasteiger partial charge >= 0.3 is 7.82 Å². The molecule has 0 radical (unpaired) electrons. The Morgan fingerprint density at radius 1 is 1.05 bits per heavy atom. The molecule has 8 nitrogen and oxygen atoms in total. The molecule has 0 aromatic heterocycles. The molecule has 2 unspecified atom stereocenters. The van der Waals surface area contributed by atoms with Crippen molar-refractivity contribution in [2.24, 2.45) is 5.92 Å². The Balaban J connectivity index is 1.65. The van der Waals surface area contributed by atoms with Crippen molar-refractivity contribution in [1.82, 2.24) is 5.32 Å². The number of benzene rings is 3. The number of methoxy groups -OCH3 is 2. The van der Waals surface area contributed by atoms with Gasteiger partial charge in [-0.05, 0) is 63.9 Å². The lowest BCUT2D eigenvalue weighted by Crippen LogP contribution is -2.25. The predicted molar refractivity (Wildman–Crippen MR) is 141 cm³/mol. The van der Waals surface area contributed by atoms with Crippen molar-refractivity contribution >= 4 is 25.4 Å². The molecule has 0 bridgehead atoms. The number of ether oxygens (including phenoxy) is 2. The summed E-state index contributed by atoms with van der Waals surface area (Å²) in [6.45, 7) is 2.39. The largest absolute Gasteiger partial charge is 0.525 e. The fraction of sp³-hybridized carbons (Fsp3) is 0.250. The van der Waals surface area contributed by atoms with Gasteiger partial charge in [-0.1, -0.05) is 49.4 Å². The fourth-order valence-electron chi connectivity index (χ4n) is 4.77. The van der Waals surface area contributed by atoms with Gasteiger partial charge in [0.1, 0.15) is 5.82 Å². The predicted octanol–water partition coefficient (Wildman–Crippen LogP) is 5.29. The highest BCUT2D eigenvalue weighted by Crippen LogP contribution is 2.51. The van der Waals surface area contributed by atoms with Crippen molar-refractivity contribution in [3.05, 3.63) is 88.7 Å². The van der Waals surface area contributed by atoms with Crippen LogP contribution in [0.3, 0.4) is 0 Å². The molecule has 0 spiro atoms. The lowest BCUT2D eigenvalue weighted by atomic mass is 9.88. The molecule has 4 rings (SSSR count). The van der Waals surface area contributed by atoms with Gasteiger partial charge in [0, 0.05) is 13.0 Å². The quantitative estimate of drug-likeness (QED) is 0.315. The van der Waals surface area contributed by atoms with E-state index in [0.29, 0.717) is 12.1 Å². The first-order valence-electron chi connectivity index (χ1n) is 11.9. The summed E-state index contributed by atoms with van der Waals surface area (Å²) in [5.41, 5.74) is 4.06.